The average molecular weight is 969 g/mol. The Morgan fingerprint density at radius 3 is 1.66 bits per heavy atom. The third-order valence-corrected chi connectivity index (χ3v) is 13.3. The van der Waals surface area contributed by atoms with Crippen molar-refractivity contribution in [1.29, 1.82) is 0 Å². The number of hydrogen-bond acceptors (Lipinski definition) is 10. The van der Waals surface area contributed by atoms with Crippen molar-refractivity contribution in [1.82, 2.24) is 59.6 Å². The first-order valence-electron chi connectivity index (χ1n) is 24.0. The van der Waals surface area contributed by atoms with E-state index in [2.05, 4.69) is 36.1 Å². The van der Waals surface area contributed by atoms with E-state index in [4.69, 9.17) is 19.7 Å². The third-order valence-electron chi connectivity index (χ3n) is 13.3. The van der Waals surface area contributed by atoms with Crippen LogP contribution in [0.3, 0.4) is 0 Å². The van der Waals surface area contributed by atoms with Gasteiger partial charge in [-0.1, -0.05) is 19.9 Å². The van der Waals surface area contributed by atoms with Crippen LogP contribution in [0.4, 0.5) is 45.8 Å². The molecule has 4 aliphatic rings. The summed E-state index contributed by atoms with van der Waals surface area (Å²) >= 11 is 0. The molecule has 0 aliphatic carbocycles. The number of rotatable bonds is 8. The second kappa shape index (κ2) is 21.8. The molecule has 2 aromatic carbocycles. The zero-order chi connectivity index (χ0) is 49.6. The Hall–Kier alpha value is -6.87. The van der Waals surface area contributed by atoms with Crippen molar-refractivity contribution < 1.29 is 32.2 Å². The number of nitrogens with zero attached hydrogens (tertiary/aromatic N) is 10. The van der Waals surface area contributed by atoms with Gasteiger partial charge >= 0.3 is 12.1 Å². The van der Waals surface area contributed by atoms with Crippen LogP contribution in [0.2, 0.25) is 0 Å². The standard InChI is InChI=1S/C24H30FN7O2.C23H27F2N7O2.C2H6/c1-15-18(13-27-30(15)3)16-4-5-21(20(25)12-16)28-23-19-14-31(24(33)26-2)9-6-22(19)32(29-23)17-7-10-34-11-8-17;1-26-23(33)31-6-3-21-17(13-31)22(29-32(21)15-4-7-34-8-5-15)28-20-10-18(24)16(9-19(20)25)14-11-27-30(2)12-14;1-2/h4-5,12-13,17H,6-11,14H2,1-3H3,(H,26,33)(H,28,29);9-12,15H,3-8,13H2,1-2H3,(H,26,33)(H,28,29);1-2H3. The largest absolute Gasteiger partial charge is 0.381 e. The molecule has 0 unspecified atom stereocenters. The van der Waals surface area contributed by atoms with Gasteiger partial charge in [-0.25, -0.2) is 22.8 Å². The van der Waals surface area contributed by atoms with E-state index in [1.807, 2.05) is 38.6 Å². The highest BCUT2D eigenvalue weighted by Crippen LogP contribution is 2.37. The number of carbonyl (C=O) groups is 2. The zero-order valence-electron chi connectivity index (χ0n) is 40.9. The van der Waals surface area contributed by atoms with Crippen molar-refractivity contribution in [3.05, 3.63) is 94.6 Å². The molecule has 4 amide bonds. The van der Waals surface area contributed by atoms with E-state index in [1.165, 1.54) is 16.9 Å². The van der Waals surface area contributed by atoms with Gasteiger partial charge in [-0.05, 0) is 56.4 Å². The smallest absolute Gasteiger partial charge is 0.317 e. The minimum absolute atomic E-state index is 0.0124. The second-order valence-electron chi connectivity index (χ2n) is 17.5. The lowest BCUT2D eigenvalue weighted by atomic mass is 10.0. The number of ether oxygens (including phenoxy) is 2. The summed E-state index contributed by atoms with van der Waals surface area (Å²) in [5.41, 5.74) is 7.49. The van der Waals surface area contributed by atoms with Gasteiger partial charge in [0, 0.05) is 138 Å². The summed E-state index contributed by atoms with van der Waals surface area (Å²) < 4.78 is 63.6. The molecule has 4 aromatic heterocycles. The minimum atomic E-state index is -0.603. The maximum absolute atomic E-state index is 15.2. The lowest BCUT2D eigenvalue weighted by molar-refractivity contribution is 0.0650. The molecular weight excluding hydrogens is 906 g/mol. The molecule has 0 spiro atoms. The van der Waals surface area contributed by atoms with Crippen LogP contribution in [0, 0.1) is 24.4 Å². The molecular formula is C49H63F3N14O4. The molecule has 0 radical (unpaired) electrons. The number of benzene rings is 2. The summed E-state index contributed by atoms with van der Waals surface area (Å²) in [5.74, 6) is -0.508. The predicted molar refractivity (Wildman–Crippen MR) is 260 cm³/mol. The lowest BCUT2D eigenvalue weighted by Crippen LogP contribution is -2.41. The maximum Gasteiger partial charge on any atom is 0.317 e. The van der Waals surface area contributed by atoms with Crippen molar-refractivity contribution in [2.45, 2.75) is 84.5 Å². The second-order valence-corrected chi connectivity index (χ2v) is 17.5. The summed E-state index contributed by atoms with van der Waals surface area (Å²) in [6.45, 7) is 10.6. The van der Waals surface area contributed by atoms with Crippen LogP contribution in [0.15, 0.2) is 48.9 Å². The topological polar surface area (TPSA) is 178 Å². The fourth-order valence-corrected chi connectivity index (χ4v) is 9.46. The Balaban J connectivity index is 0.000000182. The summed E-state index contributed by atoms with van der Waals surface area (Å²) in [5, 5.41) is 29.5. The minimum Gasteiger partial charge on any atom is -0.381 e. The highest BCUT2D eigenvalue weighted by atomic mass is 19.1. The highest BCUT2D eigenvalue weighted by molar-refractivity contribution is 5.76. The van der Waals surface area contributed by atoms with Crippen LogP contribution in [0.5, 0.6) is 0 Å². The van der Waals surface area contributed by atoms with Gasteiger partial charge < -0.3 is 40.5 Å². The van der Waals surface area contributed by atoms with Crippen molar-refractivity contribution in [3.63, 3.8) is 0 Å². The van der Waals surface area contributed by atoms with Crippen molar-refractivity contribution >= 4 is 35.1 Å². The predicted octanol–water partition coefficient (Wildman–Crippen LogP) is 7.90. The van der Waals surface area contributed by atoms with Gasteiger partial charge in [0.15, 0.2) is 11.6 Å². The number of aryl methyl sites for hydroxylation is 2. The molecule has 10 rings (SSSR count). The van der Waals surface area contributed by atoms with E-state index >= 15 is 8.78 Å². The van der Waals surface area contributed by atoms with Gasteiger partial charge in [0.25, 0.3) is 0 Å². The van der Waals surface area contributed by atoms with Crippen LogP contribution in [-0.4, -0.2) is 115 Å². The Morgan fingerprint density at radius 2 is 1.19 bits per heavy atom. The fourth-order valence-electron chi connectivity index (χ4n) is 9.46. The lowest BCUT2D eigenvalue weighted by Gasteiger charge is -2.29. The number of nitrogens with one attached hydrogen (secondary N) is 4. The zero-order valence-corrected chi connectivity index (χ0v) is 40.9. The molecule has 18 nitrogen and oxygen atoms in total. The van der Waals surface area contributed by atoms with E-state index in [9.17, 15) is 14.0 Å². The number of halogens is 3. The maximum atomic E-state index is 15.2. The summed E-state index contributed by atoms with van der Waals surface area (Å²) in [7, 11) is 6.80. The summed E-state index contributed by atoms with van der Waals surface area (Å²) in [6.07, 6.45) is 9.64. The van der Waals surface area contributed by atoms with Gasteiger partial charge in [0.1, 0.15) is 17.5 Å². The number of anilines is 4. The van der Waals surface area contributed by atoms with Gasteiger partial charge in [-0.3, -0.25) is 18.7 Å². The first-order chi connectivity index (χ1) is 33.9. The number of urea groups is 2. The Morgan fingerprint density at radius 1 is 0.657 bits per heavy atom. The van der Waals surface area contributed by atoms with Gasteiger partial charge in [-0.15, -0.1) is 0 Å². The van der Waals surface area contributed by atoms with Crippen LogP contribution in [0.25, 0.3) is 22.3 Å². The Kier molecular flexibility index (Phi) is 15.5. The number of aromatic nitrogens is 8. The molecule has 0 atom stereocenters. The molecule has 2 fully saturated rings. The van der Waals surface area contributed by atoms with Crippen molar-refractivity contribution in [2.75, 3.05) is 64.2 Å². The molecule has 6 aromatic rings. The van der Waals surface area contributed by atoms with Gasteiger partial charge in [0.2, 0.25) is 0 Å². The number of carbonyl (C=O) groups excluding carboxylic acids is 2. The van der Waals surface area contributed by atoms with E-state index in [1.54, 1.807) is 54.1 Å². The summed E-state index contributed by atoms with van der Waals surface area (Å²) in [4.78, 5) is 28.0. The van der Waals surface area contributed by atoms with Gasteiger partial charge in [-0.2, -0.15) is 20.4 Å². The average Bonchev–Trinajstić information content (AvgIpc) is 4.17. The van der Waals surface area contributed by atoms with E-state index in [-0.39, 0.29) is 41.2 Å². The third kappa shape index (κ3) is 10.4. The number of fused-ring (bicyclic) bond motifs is 2. The normalized spacial score (nSPS) is 16.0. The van der Waals surface area contributed by atoms with Crippen LogP contribution >= 0.6 is 0 Å². The highest BCUT2D eigenvalue weighted by Gasteiger charge is 2.33. The molecule has 0 saturated carbocycles. The Labute approximate surface area is 405 Å². The molecule has 8 heterocycles. The molecule has 0 bridgehead atoms. The SMILES string of the molecule is CC.CNC(=O)N1CCc2c(c(Nc3cc(F)c(-c4cnn(C)c4)cc3F)nn2C2CCOCC2)C1.CNC(=O)N1CCc2c(c(Nc3ccc(-c4cnn(C)c4C)cc3F)nn2C2CCOCC2)C1. The van der Waals surface area contributed by atoms with E-state index < -0.39 is 11.6 Å². The number of amides is 4. The number of hydrogen-bond donors (Lipinski definition) is 4. The van der Waals surface area contributed by atoms with Gasteiger partial charge in [0.05, 0.1) is 48.9 Å². The molecule has 70 heavy (non-hydrogen) atoms. The van der Waals surface area contributed by atoms with Crippen LogP contribution in [0.1, 0.15) is 79.8 Å². The summed E-state index contributed by atoms with van der Waals surface area (Å²) in [6, 6.07) is 7.52. The fraction of sp³-hybridized carbons (Fsp3) is 0.469. The van der Waals surface area contributed by atoms with Crippen LogP contribution in [-0.2, 0) is 49.5 Å². The molecule has 374 valence electrons. The van der Waals surface area contributed by atoms with Crippen LogP contribution < -0.4 is 21.3 Å². The molecule has 2 saturated heterocycles. The first kappa shape index (κ1) is 49.5. The monoisotopic (exact) mass is 969 g/mol. The van der Waals surface area contributed by atoms with E-state index in [0.717, 1.165) is 77.2 Å². The molecule has 4 aliphatic heterocycles. The Bertz CT molecular complexity index is 2810. The molecule has 21 heteroatoms. The van der Waals surface area contributed by atoms with Crippen molar-refractivity contribution in [3.8, 4) is 22.3 Å². The van der Waals surface area contributed by atoms with Crippen molar-refractivity contribution in [2.24, 2.45) is 14.1 Å². The van der Waals surface area contributed by atoms with E-state index in [0.29, 0.717) is 88.3 Å². The first-order valence-corrected chi connectivity index (χ1v) is 24.0. The quantitative estimate of drug-likeness (QED) is 0.117. The molecule has 4 N–H and O–H groups in total.